The molecule has 0 spiro atoms. The Balaban J connectivity index is 0.000000347. The van der Waals surface area contributed by atoms with Crippen molar-refractivity contribution in [2.75, 3.05) is 146 Å². The van der Waals surface area contributed by atoms with Gasteiger partial charge in [-0.15, -0.1) is 40.9 Å². The largest absolute Gasteiger partial charge is 0.461 e. The van der Waals surface area contributed by atoms with E-state index in [0.29, 0.717) is 159 Å². The topological polar surface area (TPSA) is 585 Å². The molecule has 4 heterocycles. The van der Waals surface area contributed by atoms with E-state index in [9.17, 15) is 78.6 Å². The third kappa shape index (κ3) is 41.5. The van der Waals surface area contributed by atoms with Crippen molar-refractivity contribution in [3.8, 4) is 24.3 Å². The highest BCUT2D eigenvalue weighted by Gasteiger charge is 2.24. The van der Waals surface area contributed by atoms with Crippen LogP contribution in [0.2, 0.25) is 0 Å². The molecular formula is C100H112N24O20S4. The van der Waals surface area contributed by atoms with Gasteiger partial charge in [-0.2, -0.15) is 38.5 Å². The molecule has 0 fully saturated rings. The summed E-state index contributed by atoms with van der Waals surface area (Å²) in [5.74, 6) is -5.64. The van der Waals surface area contributed by atoms with E-state index < -0.39 is 47.8 Å². The molecular weight excluding hydrogens is 1990 g/mol. The van der Waals surface area contributed by atoms with E-state index in [-0.39, 0.29) is 146 Å². The first kappa shape index (κ1) is 121. The zero-order chi connectivity index (χ0) is 109. The number of esters is 8. The molecule has 44 nitrogen and oxygen atoms in total. The lowest BCUT2D eigenvalue weighted by Gasteiger charge is -2.25. The maximum absolute atomic E-state index is 12.5. The SMILES string of the molecule is C=C(C)C(=O)OCCN(CCOC(=O)C(=C)C)c1ccc(N=Nc2snc(C)c2C#N)c(NC(=O)CCC)c1.C=CC(=O)OCCN(CCOC(=O)C=C)c1ccc(N=Nc2snc(C)c2C#N)c(NC(=O)C(C)C)c1.C=CC(=O)OCCN(CCOC(=O)C=C)c1ccc(N=Nc2snc(C)c2C#N)c(NC(=O)CCC)c1.C=CC(=O)OCCN(CCOC(=O)C=C)c1ccc(N=Nc2snc(C)c2C#N)c(NC(C)=O)c1. The van der Waals surface area contributed by atoms with Crippen LogP contribution in [0.3, 0.4) is 0 Å². The summed E-state index contributed by atoms with van der Waals surface area (Å²) in [5.41, 5.74) is 9.82. The van der Waals surface area contributed by atoms with Gasteiger partial charge < -0.3 is 78.8 Å². The average molecular weight is 2100 g/mol. The zero-order valence-corrected chi connectivity index (χ0v) is 86.8. The van der Waals surface area contributed by atoms with Crippen molar-refractivity contribution < 1.29 is 95.4 Å². The van der Waals surface area contributed by atoms with Gasteiger partial charge >= 0.3 is 47.8 Å². The normalized spacial score (nSPS) is 10.5. The Bertz CT molecular complexity index is 6350. The molecule has 0 unspecified atom stereocenters. The summed E-state index contributed by atoms with van der Waals surface area (Å²) in [6.07, 6.45) is 8.33. The van der Waals surface area contributed by atoms with Gasteiger partial charge in [0.2, 0.25) is 23.6 Å². The van der Waals surface area contributed by atoms with Crippen molar-refractivity contribution in [1.82, 2.24) is 17.5 Å². The maximum atomic E-state index is 12.5. The van der Waals surface area contributed by atoms with Gasteiger partial charge in [0.15, 0.2) is 20.0 Å². The Morgan fingerprint density at radius 2 is 0.568 bits per heavy atom. The number of nitrogens with one attached hydrogen (secondary N) is 4. The number of carbonyl (C=O) groups is 12. The highest BCUT2D eigenvalue weighted by atomic mass is 32.1. The Morgan fingerprint density at radius 3 is 0.764 bits per heavy atom. The first-order valence-electron chi connectivity index (χ1n) is 45.1. The van der Waals surface area contributed by atoms with E-state index in [2.05, 4.69) is 151 Å². The molecule has 776 valence electrons. The van der Waals surface area contributed by atoms with Crippen LogP contribution in [-0.4, -0.2) is 194 Å². The Labute approximate surface area is 871 Å². The lowest BCUT2D eigenvalue weighted by molar-refractivity contribution is -0.139. The zero-order valence-electron chi connectivity index (χ0n) is 83.5. The van der Waals surface area contributed by atoms with Crippen molar-refractivity contribution in [2.45, 2.75) is 102 Å². The number of benzene rings is 4. The van der Waals surface area contributed by atoms with E-state index in [4.69, 9.17) is 37.9 Å². The second-order valence-corrected chi connectivity index (χ2v) is 33.8. The number of anilines is 8. The molecule has 0 saturated carbocycles. The Hall–Kier alpha value is -17.5. The van der Waals surface area contributed by atoms with Gasteiger partial charge in [0.1, 0.15) is 122 Å². The number of hydrogen-bond donors (Lipinski definition) is 4. The molecule has 0 aliphatic heterocycles. The van der Waals surface area contributed by atoms with E-state index in [0.717, 1.165) is 82.6 Å². The highest BCUT2D eigenvalue weighted by Crippen LogP contribution is 2.40. The molecule has 8 rings (SSSR count). The molecule has 4 amide bonds. The van der Waals surface area contributed by atoms with Crippen LogP contribution in [0.25, 0.3) is 0 Å². The fraction of sp³-hybridized carbons (Fsp3) is 0.320. The third-order valence-corrected chi connectivity index (χ3v) is 22.6. The summed E-state index contributed by atoms with van der Waals surface area (Å²) in [6.45, 7) is 48.6. The van der Waals surface area contributed by atoms with Gasteiger partial charge in [0, 0.05) is 96.0 Å². The number of amides is 4. The molecule has 8 aromatic rings. The number of hydrogen-bond acceptors (Lipinski definition) is 44. The van der Waals surface area contributed by atoms with Gasteiger partial charge in [0.05, 0.1) is 97.9 Å². The minimum atomic E-state index is -0.562. The smallest absolute Gasteiger partial charge is 0.333 e. The van der Waals surface area contributed by atoms with Gasteiger partial charge in [-0.25, -0.2) is 38.4 Å². The molecule has 4 aromatic heterocycles. The van der Waals surface area contributed by atoms with E-state index in [1.807, 2.05) is 34.6 Å². The molecule has 0 aliphatic rings. The monoisotopic (exact) mass is 2100 g/mol. The second-order valence-electron chi connectivity index (χ2n) is 30.8. The molecule has 0 atom stereocenters. The van der Waals surface area contributed by atoms with E-state index >= 15 is 0 Å². The predicted octanol–water partition coefficient (Wildman–Crippen LogP) is 18.8. The molecule has 0 saturated heterocycles. The van der Waals surface area contributed by atoms with Crippen LogP contribution >= 0.6 is 46.1 Å². The average Bonchev–Trinajstić information content (AvgIpc) is 1.27. The van der Waals surface area contributed by atoms with Crippen LogP contribution in [0.1, 0.15) is 119 Å². The molecule has 4 N–H and O–H groups in total. The number of nitriles is 4. The Kier molecular flexibility index (Phi) is 53.1. The van der Waals surface area contributed by atoms with Crippen molar-refractivity contribution in [3.05, 3.63) is 218 Å². The molecule has 4 aromatic carbocycles. The van der Waals surface area contributed by atoms with Gasteiger partial charge in [-0.1, -0.05) is 80.3 Å². The van der Waals surface area contributed by atoms with E-state index in [1.165, 1.54) is 6.92 Å². The van der Waals surface area contributed by atoms with Gasteiger partial charge in [-0.05, 0) is 173 Å². The summed E-state index contributed by atoms with van der Waals surface area (Å²) in [6, 6.07) is 28.7. The van der Waals surface area contributed by atoms with Gasteiger partial charge in [0.25, 0.3) is 0 Å². The number of rotatable bonds is 53. The number of ether oxygens (including phenoxy) is 8. The number of aromatic nitrogens is 4. The first-order valence-corrected chi connectivity index (χ1v) is 48.2. The quantitative estimate of drug-likeness (QED) is 0.0119. The molecule has 0 radical (unpaired) electrons. The van der Waals surface area contributed by atoms with Crippen LogP contribution in [0.5, 0.6) is 0 Å². The number of aryl methyl sites for hydroxylation is 4. The van der Waals surface area contributed by atoms with Crippen LogP contribution < -0.4 is 40.9 Å². The molecule has 48 heteroatoms. The summed E-state index contributed by atoms with van der Waals surface area (Å²) in [5, 5.41) is 83.7. The van der Waals surface area contributed by atoms with Crippen molar-refractivity contribution in [1.29, 1.82) is 21.0 Å². The van der Waals surface area contributed by atoms with Crippen molar-refractivity contribution in [3.63, 3.8) is 0 Å². The predicted molar refractivity (Wildman–Crippen MR) is 561 cm³/mol. The summed E-state index contributed by atoms with van der Waals surface area (Å²) in [7, 11) is 0. The number of nitrogens with zero attached hydrogens (tertiary/aromatic N) is 20. The van der Waals surface area contributed by atoms with Crippen LogP contribution in [0, 0.1) is 78.9 Å². The highest BCUT2D eigenvalue weighted by molar-refractivity contribution is 7.11. The minimum Gasteiger partial charge on any atom is -0.461 e. The second kappa shape index (κ2) is 64.9. The number of azo groups is 4. The van der Waals surface area contributed by atoms with Crippen molar-refractivity contribution in [2.24, 2.45) is 46.8 Å². The van der Waals surface area contributed by atoms with Crippen LogP contribution in [-0.2, 0) is 95.4 Å². The molecule has 0 bridgehead atoms. The maximum Gasteiger partial charge on any atom is 0.333 e. The van der Waals surface area contributed by atoms with Gasteiger partial charge in [-0.3, -0.25) is 19.2 Å². The minimum absolute atomic E-state index is 0.0526. The fourth-order valence-corrected chi connectivity index (χ4v) is 14.4. The lowest BCUT2D eigenvalue weighted by Crippen LogP contribution is -2.32. The summed E-state index contributed by atoms with van der Waals surface area (Å²) in [4.78, 5) is 149. The third-order valence-electron chi connectivity index (χ3n) is 19.3. The van der Waals surface area contributed by atoms with Crippen LogP contribution in [0.15, 0.2) is 214 Å². The summed E-state index contributed by atoms with van der Waals surface area (Å²) < 4.78 is 57.5. The molecule has 148 heavy (non-hydrogen) atoms. The first-order chi connectivity index (χ1) is 70.9. The summed E-state index contributed by atoms with van der Waals surface area (Å²) >= 11 is 4.22. The molecule has 0 aliphatic carbocycles. The van der Waals surface area contributed by atoms with Crippen LogP contribution in [0.4, 0.5) is 88.3 Å². The fourth-order valence-electron chi connectivity index (χ4n) is 11.7. The lowest BCUT2D eigenvalue weighted by atomic mass is 10.1. The standard InChI is InChI=1S/C27H32N6O5S.2C25H28N6O5S.C23H24N6O5S/c1-7-8-24(34)29-23-15-20(9-10-22(23)30-31-25-21(16-28)19(6)32-39-25)33(11-13-37-26(35)17(2)3)12-14-38-27(36)18(4)5;1-6-22(32)35-12-10-31(11-13-36-23(33)7-2)18-8-9-20(21(14-18)27-24(34)16(3)4)28-29-25-19(15-26)17(5)30-37-25;1-5-8-22(32)27-21-15-18(9-10-20(21)28-29-25-19(16-26)17(4)30-37-25)31(11-13-35-23(33)6-2)12-14-36-24(34)7-3;1-5-21(31)33-11-9-29(10-12-34-22(32)6-2)17-7-8-19(20(13-17)25-16(4)30)26-27-23-18(14-24)15(3)28-35-23/h9-10,15H,2,4,7-8,11-14H2,1,3,5-6H3,(H,29,34);6-9,14,16H,1-2,10-13H2,3-5H3,(H,27,34);6-7,9-10,15H,2-3,5,8,11-14H2,1,4H3,(H,27,32);5-8,13H,1-2,9-12H2,3-4H3,(H,25,30). The van der Waals surface area contributed by atoms with Crippen molar-refractivity contribution >= 4 is 206 Å². The number of carbonyl (C=O) groups excluding carboxylic acids is 12. The Morgan fingerprint density at radius 1 is 0.351 bits per heavy atom. The van der Waals surface area contributed by atoms with E-state index in [1.54, 1.807) is 133 Å².